The third-order valence-electron chi connectivity index (χ3n) is 1.61. The molecule has 0 saturated carbocycles. The summed E-state index contributed by atoms with van der Waals surface area (Å²) in [5.74, 6) is -0.476. The lowest BCUT2D eigenvalue weighted by Gasteiger charge is -1.84. The minimum absolute atomic E-state index is 0.233. The second-order valence-electron chi connectivity index (χ2n) is 2.57. The highest BCUT2D eigenvalue weighted by Gasteiger charge is 2.15. The van der Waals surface area contributed by atoms with Crippen molar-refractivity contribution in [2.45, 2.75) is 6.92 Å². The van der Waals surface area contributed by atoms with Gasteiger partial charge in [-0.25, -0.2) is 14.8 Å². The van der Waals surface area contributed by atoms with Gasteiger partial charge < -0.3 is 5.11 Å². The third-order valence-corrected chi connectivity index (χ3v) is 2.76. The van der Waals surface area contributed by atoms with E-state index in [0.29, 0.717) is 16.5 Å². The molecule has 0 aromatic carbocycles. The van der Waals surface area contributed by atoms with Gasteiger partial charge in [0.2, 0.25) is 0 Å². The van der Waals surface area contributed by atoms with Crippen LogP contribution in [0.3, 0.4) is 0 Å². The Labute approximate surface area is 82.7 Å². The molecule has 0 radical (unpaired) electrons. The van der Waals surface area contributed by atoms with Gasteiger partial charge in [0, 0.05) is 0 Å². The number of H-pyrrole nitrogens is 1. The second kappa shape index (κ2) is 3.18. The number of nitrogens with zero attached hydrogens (tertiary/aromatic N) is 3. The molecule has 14 heavy (non-hydrogen) atoms. The summed E-state index contributed by atoms with van der Waals surface area (Å²) in [6, 6.07) is 0. The molecule has 2 rings (SSSR count). The van der Waals surface area contributed by atoms with E-state index in [-0.39, 0.29) is 4.88 Å². The predicted octanol–water partition coefficient (Wildman–Crippen LogP) is 0.935. The summed E-state index contributed by atoms with van der Waals surface area (Å²) in [5.41, 5.74) is 0.494. The molecule has 0 aliphatic carbocycles. The van der Waals surface area contributed by atoms with Gasteiger partial charge in [-0.2, -0.15) is 5.10 Å². The Hall–Kier alpha value is -1.76. The number of aromatic nitrogens is 4. The SMILES string of the molecule is Cc1nc(-c2ncn[nH]2)sc1C(=O)O. The molecule has 2 N–H and O–H groups in total. The van der Waals surface area contributed by atoms with Gasteiger partial charge in [0.15, 0.2) is 10.8 Å². The van der Waals surface area contributed by atoms with E-state index < -0.39 is 5.97 Å². The first-order chi connectivity index (χ1) is 6.68. The predicted molar refractivity (Wildman–Crippen MR) is 49.2 cm³/mol. The summed E-state index contributed by atoms with van der Waals surface area (Å²) in [5, 5.41) is 15.6. The van der Waals surface area contributed by atoms with Gasteiger partial charge in [-0.15, -0.1) is 11.3 Å². The van der Waals surface area contributed by atoms with Crippen molar-refractivity contribution in [3.63, 3.8) is 0 Å². The fourth-order valence-electron chi connectivity index (χ4n) is 1.00. The summed E-state index contributed by atoms with van der Waals surface area (Å²) in [4.78, 5) is 18.9. The van der Waals surface area contributed by atoms with Gasteiger partial charge in [-0.3, -0.25) is 5.10 Å². The molecule has 0 fully saturated rings. The maximum absolute atomic E-state index is 10.7. The fraction of sp³-hybridized carbons (Fsp3) is 0.143. The Morgan fingerprint density at radius 1 is 1.64 bits per heavy atom. The van der Waals surface area contributed by atoms with Crippen LogP contribution in [-0.2, 0) is 0 Å². The van der Waals surface area contributed by atoms with Crippen LogP contribution < -0.4 is 0 Å². The number of carboxylic acids is 1. The van der Waals surface area contributed by atoms with Crippen molar-refractivity contribution in [3.05, 3.63) is 16.9 Å². The lowest BCUT2D eigenvalue weighted by atomic mass is 10.4. The van der Waals surface area contributed by atoms with E-state index in [1.165, 1.54) is 6.33 Å². The molecule has 6 nitrogen and oxygen atoms in total. The minimum atomic E-state index is -0.967. The topological polar surface area (TPSA) is 91.8 Å². The number of nitrogens with one attached hydrogen (secondary N) is 1. The standard InChI is InChI=1S/C7H6N4O2S/c1-3-4(7(12)13)14-6(10-3)5-8-2-9-11-5/h2H,1H3,(H,12,13)(H,8,9,11). The molecule has 0 unspecified atom stereocenters. The molecule has 2 heterocycles. The first-order valence-electron chi connectivity index (χ1n) is 3.75. The maximum atomic E-state index is 10.7. The van der Waals surface area contributed by atoms with Gasteiger partial charge in [-0.05, 0) is 6.92 Å². The third kappa shape index (κ3) is 1.37. The van der Waals surface area contributed by atoms with Crippen molar-refractivity contribution in [1.82, 2.24) is 20.2 Å². The Morgan fingerprint density at radius 2 is 2.43 bits per heavy atom. The van der Waals surface area contributed by atoms with Crippen molar-refractivity contribution in [3.8, 4) is 10.8 Å². The molecule has 0 bridgehead atoms. The van der Waals surface area contributed by atoms with Crippen LogP contribution in [0.2, 0.25) is 0 Å². The molecule has 0 aliphatic rings. The molecule has 0 saturated heterocycles. The lowest BCUT2D eigenvalue weighted by molar-refractivity contribution is 0.0701. The summed E-state index contributed by atoms with van der Waals surface area (Å²) >= 11 is 1.08. The van der Waals surface area contributed by atoms with E-state index in [9.17, 15) is 4.79 Å². The van der Waals surface area contributed by atoms with E-state index in [2.05, 4.69) is 20.2 Å². The highest BCUT2D eigenvalue weighted by Crippen LogP contribution is 2.24. The molecular formula is C7H6N4O2S. The van der Waals surface area contributed by atoms with E-state index >= 15 is 0 Å². The fourth-order valence-corrected chi connectivity index (χ4v) is 1.86. The number of hydrogen-bond donors (Lipinski definition) is 2. The van der Waals surface area contributed by atoms with Crippen LogP contribution in [0.25, 0.3) is 10.8 Å². The van der Waals surface area contributed by atoms with Crippen molar-refractivity contribution in [2.24, 2.45) is 0 Å². The Balaban J connectivity index is 2.48. The van der Waals surface area contributed by atoms with Crippen LogP contribution in [0.15, 0.2) is 6.33 Å². The van der Waals surface area contributed by atoms with Crippen LogP contribution in [0, 0.1) is 6.92 Å². The summed E-state index contributed by atoms with van der Waals surface area (Å²) in [6.07, 6.45) is 1.35. The highest BCUT2D eigenvalue weighted by molar-refractivity contribution is 7.16. The number of carboxylic acid groups (broad SMARTS) is 1. The summed E-state index contributed by atoms with van der Waals surface area (Å²) in [7, 11) is 0. The zero-order valence-electron chi connectivity index (χ0n) is 7.18. The largest absolute Gasteiger partial charge is 0.477 e. The average Bonchev–Trinajstić information content (AvgIpc) is 2.70. The van der Waals surface area contributed by atoms with E-state index in [1.54, 1.807) is 6.92 Å². The molecular weight excluding hydrogens is 204 g/mol. The molecule has 7 heteroatoms. The second-order valence-corrected chi connectivity index (χ2v) is 3.57. The number of carbonyl (C=O) groups is 1. The zero-order valence-corrected chi connectivity index (χ0v) is 8.00. The summed E-state index contributed by atoms with van der Waals surface area (Å²) in [6.45, 7) is 1.65. The number of aromatic carboxylic acids is 1. The Morgan fingerprint density at radius 3 is 2.93 bits per heavy atom. The van der Waals surface area contributed by atoms with Crippen molar-refractivity contribution in [1.29, 1.82) is 0 Å². The molecule has 2 aromatic heterocycles. The molecule has 0 aliphatic heterocycles. The Bertz CT molecular complexity index is 462. The molecule has 2 aromatic rings. The van der Waals surface area contributed by atoms with Gasteiger partial charge in [-0.1, -0.05) is 0 Å². The smallest absolute Gasteiger partial charge is 0.347 e. The van der Waals surface area contributed by atoms with E-state index in [1.807, 2.05) is 0 Å². The first-order valence-corrected chi connectivity index (χ1v) is 4.56. The first kappa shape index (κ1) is 8.82. The van der Waals surface area contributed by atoms with Crippen LogP contribution in [-0.4, -0.2) is 31.2 Å². The van der Waals surface area contributed by atoms with Gasteiger partial charge in [0.05, 0.1) is 5.69 Å². The Kier molecular flexibility index (Phi) is 2.01. The lowest BCUT2D eigenvalue weighted by Crippen LogP contribution is -1.94. The number of hydrogen-bond acceptors (Lipinski definition) is 5. The van der Waals surface area contributed by atoms with Gasteiger partial charge in [0.1, 0.15) is 11.2 Å². The number of aryl methyl sites for hydroxylation is 1. The molecule has 0 atom stereocenters. The highest BCUT2D eigenvalue weighted by atomic mass is 32.1. The molecule has 0 amide bonds. The zero-order chi connectivity index (χ0) is 10.1. The van der Waals surface area contributed by atoms with Crippen molar-refractivity contribution < 1.29 is 9.90 Å². The van der Waals surface area contributed by atoms with E-state index in [0.717, 1.165) is 11.3 Å². The van der Waals surface area contributed by atoms with Crippen LogP contribution in [0.1, 0.15) is 15.4 Å². The summed E-state index contributed by atoms with van der Waals surface area (Å²) < 4.78 is 0. The number of rotatable bonds is 2. The van der Waals surface area contributed by atoms with Gasteiger partial charge in [0.25, 0.3) is 0 Å². The van der Waals surface area contributed by atoms with Crippen LogP contribution in [0.4, 0.5) is 0 Å². The monoisotopic (exact) mass is 210 g/mol. The van der Waals surface area contributed by atoms with E-state index in [4.69, 9.17) is 5.11 Å². The minimum Gasteiger partial charge on any atom is -0.477 e. The quantitative estimate of drug-likeness (QED) is 0.769. The van der Waals surface area contributed by atoms with Crippen LogP contribution >= 0.6 is 11.3 Å². The number of thiazole rings is 1. The molecule has 72 valence electrons. The maximum Gasteiger partial charge on any atom is 0.347 e. The average molecular weight is 210 g/mol. The van der Waals surface area contributed by atoms with Crippen molar-refractivity contribution in [2.75, 3.05) is 0 Å². The number of aromatic amines is 1. The van der Waals surface area contributed by atoms with Crippen LogP contribution in [0.5, 0.6) is 0 Å². The van der Waals surface area contributed by atoms with Gasteiger partial charge >= 0.3 is 5.97 Å². The van der Waals surface area contributed by atoms with Crippen molar-refractivity contribution >= 4 is 17.3 Å². The molecule has 0 spiro atoms. The normalized spacial score (nSPS) is 10.4.